The number of fused-ring (bicyclic) bond motifs is 1. The van der Waals surface area contributed by atoms with Crippen LogP contribution < -0.4 is 19.3 Å². The summed E-state index contributed by atoms with van der Waals surface area (Å²) in [7, 11) is -1.48. The van der Waals surface area contributed by atoms with Crippen molar-refractivity contribution in [2.24, 2.45) is 0 Å². The largest absolute Gasteiger partial charge is 0.507 e. The molecule has 7 heteroatoms. The van der Waals surface area contributed by atoms with E-state index in [4.69, 9.17) is 4.74 Å². The van der Waals surface area contributed by atoms with Gasteiger partial charge in [0.25, 0.3) is 0 Å². The van der Waals surface area contributed by atoms with Gasteiger partial charge < -0.3 is 20.1 Å². The molecule has 2 N–H and O–H groups in total. The zero-order chi connectivity index (χ0) is 17.2. The number of piperazine rings is 1. The van der Waals surface area contributed by atoms with Gasteiger partial charge in [-0.2, -0.15) is 0 Å². The summed E-state index contributed by atoms with van der Waals surface area (Å²) in [5, 5.41) is 13.4. The number of nitrogens with one attached hydrogen (secondary N) is 1. The first-order chi connectivity index (χ1) is 12.3. The number of anilines is 2. The molecule has 2 aromatic carbocycles. The highest BCUT2D eigenvalue weighted by Gasteiger charge is 2.28. The minimum Gasteiger partial charge on any atom is -0.507 e. The predicted molar refractivity (Wildman–Crippen MR) is 98.9 cm³/mol. The second-order valence-electron chi connectivity index (χ2n) is 6.03. The van der Waals surface area contributed by atoms with Crippen LogP contribution >= 0.6 is 0 Å². The smallest absolute Gasteiger partial charge is 0.166 e. The van der Waals surface area contributed by atoms with Crippen molar-refractivity contribution in [2.45, 2.75) is 4.90 Å². The van der Waals surface area contributed by atoms with Gasteiger partial charge in [0.2, 0.25) is 0 Å². The van der Waals surface area contributed by atoms with E-state index in [9.17, 15) is 9.32 Å². The molecule has 6 nitrogen and oxygen atoms in total. The van der Waals surface area contributed by atoms with Gasteiger partial charge in [-0.15, -0.1) is 0 Å². The van der Waals surface area contributed by atoms with Crippen molar-refractivity contribution in [1.82, 2.24) is 5.32 Å². The molecule has 2 aliphatic rings. The molecule has 0 bridgehead atoms. The number of rotatable bonds is 3. The lowest BCUT2D eigenvalue weighted by Crippen LogP contribution is -2.44. The average molecular weight is 359 g/mol. The maximum Gasteiger partial charge on any atom is 0.166 e. The van der Waals surface area contributed by atoms with E-state index >= 15 is 0 Å². The van der Waals surface area contributed by atoms with Crippen LogP contribution in [0.5, 0.6) is 11.5 Å². The summed E-state index contributed by atoms with van der Waals surface area (Å²) >= 11 is 0. The molecule has 2 aliphatic heterocycles. The molecule has 0 spiro atoms. The van der Waals surface area contributed by atoms with Crippen LogP contribution in [0.2, 0.25) is 0 Å². The van der Waals surface area contributed by atoms with Gasteiger partial charge in [0.1, 0.15) is 17.3 Å². The second kappa shape index (κ2) is 6.93. The molecule has 0 saturated carbocycles. The van der Waals surface area contributed by atoms with Gasteiger partial charge in [0, 0.05) is 26.2 Å². The van der Waals surface area contributed by atoms with Crippen molar-refractivity contribution in [3.63, 3.8) is 0 Å². The summed E-state index contributed by atoms with van der Waals surface area (Å²) in [6, 6.07) is 12.7. The van der Waals surface area contributed by atoms with Gasteiger partial charge in [0.05, 0.1) is 17.9 Å². The van der Waals surface area contributed by atoms with E-state index in [2.05, 4.69) is 16.3 Å². The Balaban J connectivity index is 1.70. The maximum atomic E-state index is 13.1. The van der Waals surface area contributed by atoms with E-state index in [1.54, 1.807) is 28.6 Å². The molecule has 1 unspecified atom stereocenters. The third-order valence-corrected chi connectivity index (χ3v) is 6.00. The normalized spacial score (nSPS) is 18.4. The van der Waals surface area contributed by atoms with Crippen LogP contribution in [0.1, 0.15) is 0 Å². The van der Waals surface area contributed by atoms with Crippen LogP contribution in [-0.4, -0.2) is 48.6 Å². The van der Waals surface area contributed by atoms with Gasteiger partial charge in [-0.05, 0) is 24.3 Å². The SMILES string of the molecule is O=S(c1ccccc1O)N1CCOc2c(N3CCNCC3)cccc21. The molecule has 132 valence electrons. The number of aromatic hydroxyl groups is 1. The molecule has 0 aromatic heterocycles. The monoisotopic (exact) mass is 359 g/mol. The lowest BCUT2D eigenvalue weighted by Gasteiger charge is -2.35. The average Bonchev–Trinajstić information content (AvgIpc) is 2.67. The Morgan fingerprint density at radius 1 is 1.00 bits per heavy atom. The first-order valence-electron chi connectivity index (χ1n) is 8.44. The Labute approximate surface area is 149 Å². The molecule has 0 amide bonds. The van der Waals surface area contributed by atoms with Crippen LogP contribution in [0.4, 0.5) is 11.4 Å². The van der Waals surface area contributed by atoms with Gasteiger partial charge in [-0.3, -0.25) is 4.31 Å². The Morgan fingerprint density at radius 2 is 1.76 bits per heavy atom. The summed E-state index contributed by atoms with van der Waals surface area (Å²) in [6.07, 6.45) is 0. The van der Waals surface area contributed by atoms with Crippen LogP contribution in [-0.2, 0) is 11.0 Å². The molecule has 4 rings (SSSR count). The summed E-state index contributed by atoms with van der Waals surface area (Å²) in [6.45, 7) is 4.70. The van der Waals surface area contributed by atoms with E-state index in [1.807, 2.05) is 12.1 Å². The Bertz CT molecular complexity index is 793. The number of ether oxygens (including phenoxy) is 1. The highest BCUT2D eigenvalue weighted by atomic mass is 32.2. The number of para-hydroxylation sites is 2. The van der Waals surface area contributed by atoms with E-state index in [-0.39, 0.29) is 5.75 Å². The van der Waals surface area contributed by atoms with Crippen molar-refractivity contribution in [3.05, 3.63) is 42.5 Å². The lowest BCUT2D eigenvalue weighted by molar-refractivity contribution is 0.316. The fourth-order valence-electron chi connectivity index (χ4n) is 3.26. The summed E-state index contributed by atoms with van der Waals surface area (Å²) in [4.78, 5) is 2.71. The predicted octanol–water partition coefficient (Wildman–Crippen LogP) is 1.72. The van der Waals surface area contributed by atoms with Crippen molar-refractivity contribution >= 4 is 22.4 Å². The van der Waals surface area contributed by atoms with Crippen LogP contribution in [0.3, 0.4) is 0 Å². The fourth-order valence-corrected chi connectivity index (χ4v) is 4.50. The van der Waals surface area contributed by atoms with Gasteiger partial charge in [-0.25, -0.2) is 4.21 Å². The van der Waals surface area contributed by atoms with Gasteiger partial charge >= 0.3 is 0 Å². The molecule has 1 atom stereocenters. The number of hydrogen-bond acceptors (Lipinski definition) is 5. The summed E-state index contributed by atoms with van der Waals surface area (Å²) in [5.74, 6) is 0.826. The van der Waals surface area contributed by atoms with Crippen molar-refractivity contribution < 1.29 is 14.1 Å². The Hall–Kier alpha value is -2.25. The molecule has 25 heavy (non-hydrogen) atoms. The Kier molecular flexibility index (Phi) is 4.50. The topological polar surface area (TPSA) is 65.0 Å². The van der Waals surface area contributed by atoms with Crippen LogP contribution in [0, 0.1) is 0 Å². The quantitative estimate of drug-likeness (QED) is 0.874. The fraction of sp³-hybridized carbons (Fsp3) is 0.333. The van der Waals surface area contributed by atoms with Crippen LogP contribution in [0.25, 0.3) is 0 Å². The second-order valence-corrected chi connectivity index (χ2v) is 7.41. The zero-order valence-electron chi connectivity index (χ0n) is 13.9. The van der Waals surface area contributed by atoms with Crippen molar-refractivity contribution in [1.29, 1.82) is 0 Å². The van der Waals surface area contributed by atoms with Gasteiger partial charge in [0.15, 0.2) is 16.7 Å². The van der Waals surface area contributed by atoms with E-state index in [0.717, 1.165) is 43.3 Å². The minimum atomic E-state index is -1.48. The molecule has 1 fully saturated rings. The number of hydrogen-bond donors (Lipinski definition) is 2. The number of nitrogens with zero attached hydrogens (tertiary/aromatic N) is 2. The van der Waals surface area contributed by atoms with E-state index in [1.165, 1.54) is 0 Å². The minimum absolute atomic E-state index is 0.0483. The molecular weight excluding hydrogens is 338 g/mol. The summed E-state index contributed by atoms with van der Waals surface area (Å²) in [5.41, 5.74) is 1.85. The highest BCUT2D eigenvalue weighted by molar-refractivity contribution is 7.86. The summed E-state index contributed by atoms with van der Waals surface area (Å²) < 4.78 is 20.8. The zero-order valence-corrected chi connectivity index (χ0v) is 14.7. The van der Waals surface area contributed by atoms with Crippen molar-refractivity contribution in [3.8, 4) is 11.5 Å². The van der Waals surface area contributed by atoms with Crippen LogP contribution in [0.15, 0.2) is 47.4 Å². The van der Waals surface area contributed by atoms with Crippen molar-refractivity contribution in [2.75, 3.05) is 48.5 Å². The molecule has 0 aliphatic carbocycles. The first kappa shape index (κ1) is 16.2. The first-order valence-corrected chi connectivity index (χ1v) is 9.55. The molecule has 0 radical (unpaired) electrons. The molecule has 2 aromatic rings. The highest BCUT2D eigenvalue weighted by Crippen LogP contribution is 2.42. The molecule has 2 heterocycles. The maximum absolute atomic E-state index is 13.1. The Morgan fingerprint density at radius 3 is 2.56 bits per heavy atom. The van der Waals surface area contributed by atoms with E-state index in [0.29, 0.717) is 18.0 Å². The van der Waals surface area contributed by atoms with E-state index < -0.39 is 11.0 Å². The standard InChI is InChI=1S/C18H21N3O3S/c22-16-6-1-2-7-17(16)25(23)21-12-13-24-18-14(4-3-5-15(18)21)20-10-8-19-9-11-20/h1-7,19,22H,8-13H2. The van der Waals surface area contributed by atoms with Gasteiger partial charge in [-0.1, -0.05) is 18.2 Å². The molecule has 1 saturated heterocycles. The number of phenols is 1. The number of phenolic OH excluding ortho intramolecular Hbond substituents is 1. The lowest BCUT2D eigenvalue weighted by atomic mass is 10.2. The third-order valence-electron chi connectivity index (χ3n) is 4.49. The third kappa shape index (κ3) is 3.05. The number of benzene rings is 2. The molecular formula is C18H21N3O3S.